The van der Waals surface area contributed by atoms with E-state index in [0.29, 0.717) is 0 Å². The minimum Gasteiger partial charge on any atom is -0.351 e. The van der Waals surface area contributed by atoms with Gasteiger partial charge < -0.3 is 10.2 Å². The molecule has 22 heavy (non-hydrogen) atoms. The molecule has 1 aromatic carbocycles. The molecule has 7 heteroatoms. The lowest BCUT2D eigenvalue weighted by atomic mass is 10.2. The number of halogens is 2. The maximum atomic E-state index is 6.02. The molecule has 0 atom stereocenters. The Morgan fingerprint density at radius 3 is 2.82 bits per heavy atom. The van der Waals surface area contributed by atoms with Gasteiger partial charge in [0.25, 0.3) is 0 Å². The molecule has 1 heterocycles. The molecule has 4 nitrogen and oxygen atoms in total. The standard InChI is InChI=1S/C15H19ClN4S.HI/c1-11-18-8-14(21-11)9-19-15(17-2)20(3)10-12-5-4-6-13(16)7-12;/h4-8H,9-10H2,1-3H3,(H,17,19);1H. The predicted octanol–water partition coefficient (Wildman–Crippen LogP) is 3.93. The Morgan fingerprint density at radius 1 is 1.45 bits per heavy atom. The van der Waals surface area contributed by atoms with E-state index in [1.54, 1.807) is 18.4 Å². The number of nitrogens with one attached hydrogen (secondary N) is 1. The first-order chi connectivity index (χ1) is 10.1. The van der Waals surface area contributed by atoms with E-state index in [4.69, 9.17) is 11.6 Å². The number of hydrogen-bond acceptors (Lipinski definition) is 3. The average Bonchev–Trinajstić information content (AvgIpc) is 2.85. The topological polar surface area (TPSA) is 40.5 Å². The number of aryl methyl sites for hydroxylation is 1. The van der Waals surface area contributed by atoms with Crippen molar-refractivity contribution in [2.45, 2.75) is 20.0 Å². The molecule has 120 valence electrons. The zero-order chi connectivity index (χ0) is 15.2. The average molecular weight is 451 g/mol. The molecule has 0 amide bonds. The molecule has 0 radical (unpaired) electrons. The lowest BCUT2D eigenvalue weighted by Crippen LogP contribution is -2.37. The first-order valence-corrected chi connectivity index (χ1v) is 7.85. The van der Waals surface area contributed by atoms with E-state index < -0.39 is 0 Å². The maximum Gasteiger partial charge on any atom is 0.193 e. The van der Waals surface area contributed by atoms with Crippen LogP contribution in [0.3, 0.4) is 0 Å². The van der Waals surface area contributed by atoms with Gasteiger partial charge in [-0.2, -0.15) is 0 Å². The predicted molar refractivity (Wildman–Crippen MR) is 105 cm³/mol. The minimum atomic E-state index is 0. The molecule has 0 spiro atoms. The SMILES string of the molecule is CN=C(NCc1cnc(C)s1)N(C)Cc1cccc(Cl)c1.I. The van der Waals surface area contributed by atoms with Gasteiger partial charge in [0.05, 0.1) is 11.6 Å². The summed E-state index contributed by atoms with van der Waals surface area (Å²) in [6.45, 7) is 3.49. The van der Waals surface area contributed by atoms with Gasteiger partial charge in [-0.15, -0.1) is 35.3 Å². The van der Waals surface area contributed by atoms with Crippen LogP contribution in [0.1, 0.15) is 15.4 Å². The monoisotopic (exact) mass is 450 g/mol. The van der Waals surface area contributed by atoms with E-state index in [-0.39, 0.29) is 24.0 Å². The number of thiazole rings is 1. The molecule has 2 aromatic rings. The van der Waals surface area contributed by atoms with Crippen LogP contribution in [0.4, 0.5) is 0 Å². The summed E-state index contributed by atoms with van der Waals surface area (Å²) in [4.78, 5) is 11.8. The van der Waals surface area contributed by atoms with Crippen LogP contribution in [0.25, 0.3) is 0 Å². The van der Waals surface area contributed by atoms with Gasteiger partial charge in [0.15, 0.2) is 5.96 Å². The fourth-order valence-electron chi connectivity index (χ4n) is 2.02. The van der Waals surface area contributed by atoms with Gasteiger partial charge in [0, 0.05) is 36.7 Å². The zero-order valence-corrected chi connectivity index (χ0v) is 16.7. The van der Waals surface area contributed by atoms with Gasteiger partial charge >= 0.3 is 0 Å². The lowest BCUT2D eigenvalue weighted by Gasteiger charge is -2.22. The summed E-state index contributed by atoms with van der Waals surface area (Å²) >= 11 is 7.71. The van der Waals surface area contributed by atoms with Crippen molar-refractivity contribution in [3.05, 3.63) is 50.9 Å². The summed E-state index contributed by atoms with van der Waals surface area (Å²) in [5, 5.41) is 5.18. The zero-order valence-electron chi connectivity index (χ0n) is 12.8. The van der Waals surface area contributed by atoms with Crippen molar-refractivity contribution in [3.63, 3.8) is 0 Å². The van der Waals surface area contributed by atoms with E-state index in [1.807, 2.05) is 38.4 Å². The summed E-state index contributed by atoms with van der Waals surface area (Å²) in [6.07, 6.45) is 1.90. The molecule has 0 aliphatic carbocycles. The summed E-state index contributed by atoms with van der Waals surface area (Å²) < 4.78 is 0. The Kier molecular flexibility index (Phi) is 8.13. The van der Waals surface area contributed by atoms with Gasteiger partial charge in [-0.3, -0.25) is 4.99 Å². The number of hydrogen-bond donors (Lipinski definition) is 1. The molecule has 0 unspecified atom stereocenters. The van der Waals surface area contributed by atoms with Crippen molar-refractivity contribution in [3.8, 4) is 0 Å². The fourth-order valence-corrected chi connectivity index (χ4v) is 2.97. The maximum absolute atomic E-state index is 6.02. The number of aliphatic imine (C=N–C) groups is 1. The van der Waals surface area contributed by atoms with Crippen molar-refractivity contribution in [1.29, 1.82) is 0 Å². The molecule has 0 saturated heterocycles. The summed E-state index contributed by atoms with van der Waals surface area (Å²) in [5.41, 5.74) is 1.15. The van der Waals surface area contributed by atoms with Crippen molar-refractivity contribution in [2.75, 3.05) is 14.1 Å². The van der Waals surface area contributed by atoms with E-state index in [9.17, 15) is 0 Å². The second-order valence-electron chi connectivity index (χ2n) is 4.73. The Bertz CT molecular complexity index is 630. The molecule has 1 aromatic heterocycles. The fraction of sp³-hybridized carbons (Fsp3) is 0.333. The van der Waals surface area contributed by atoms with E-state index in [1.165, 1.54) is 4.88 Å². The smallest absolute Gasteiger partial charge is 0.193 e. The number of rotatable bonds is 4. The van der Waals surface area contributed by atoms with E-state index in [2.05, 4.69) is 26.3 Å². The van der Waals surface area contributed by atoms with Gasteiger partial charge in [-0.1, -0.05) is 23.7 Å². The molecule has 0 bridgehead atoms. The minimum absolute atomic E-state index is 0. The Labute approximate surface area is 157 Å². The van der Waals surface area contributed by atoms with E-state index in [0.717, 1.165) is 34.6 Å². The molecule has 0 aliphatic rings. The molecular formula is C15H20ClIN4S. The summed E-state index contributed by atoms with van der Waals surface area (Å²) in [6, 6.07) is 7.87. The Balaban J connectivity index is 0.00000242. The largest absolute Gasteiger partial charge is 0.351 e. The highest BCUT2D eigenvalue weighted by atomic mass is 127. The van der Waals surface area contributed by atoms with Gasteiger partial charge in [-0.05, 0) is 24.6 Å². The quantitative estimate of drug-likeness (QED) is 0.436. The lowest BCUT2D eigenvalue weighted by molar-refractivity contribution is 0.477. The number of guanidine groups is 1. The third-order valence-electron chi connectivity index (χ3n) is 2.97. The number of nitrogens with zero attached hydrogens (tertiary/aromatic N) is 3. The van der Waals surface area contributed by atoms with Crippen LogP contribution in [0.5, 0.6) is 0 Å². The van der Waals surface area contributed by atoms with Crippen LogP contribution in [-0.2, 0) is 13.1 Å². The molecular weight excluding hydrogens is 431 g/mol. The molecule has 2 rings (SSSR count). The number of benzene rings is 1. The summed E-state index contributed by atoms with van der Waals surface area (Å²) in [7, 11) is 3.79. The Morgan fingerprint density at radius 2 is 2.23 bits per heavy atom. The highest BCUT2D eigenvalue weighted by Gasteiger charge is 2.07. The van der Waals surface area contributed by atoms with Crippen LogP contribution in [0.15, 0.2) is 35.5 Å². The number of aromatic nitrogens is 1. The first kappa shape index (κ1) is 19.2. The first-order valence-electron chi connectivity index (χ1n) is 6.66. The van der Waals surface area contributed by atoms with Crippen molar-refractivity contribution < 1.29 is 0 Å². The van der Waals surface area contributed by atoms with Gasteiger partial charge in [0.1, 0.15) is 0 Å². The van der Waals surface area contributed by atoms with Gasteiger partial charge in [-0.25, -0.2) is 4.98 Å². The van der Waals surface area contributed by atoms with Crippen molar-refractivity contribution >= 4 is 52.9 Å². The molecule has 0 aliphatic heterocycles. The third kappa shape index (κ3) is 5.73. The van der Waals surface area contributed by atoms with Crippen molar-refractivity contribution in [2.24, 2.45) is 4.99 Å². The van der Waals surface area contributed by atoms with Crippen LogP contribution in [0, 0.1) is 6.92 Å². The normalized spacial score (nSPS) is 11.0. The van der Waals surface area contributed by atoms with Crippen LogP contribution in [-0.4, -0.2) is 29.9 Å². The second-order valence-corrected chi connectivity index (χ2v) is 6.49. The summed E-state index contributed by atoms with van der Waals surface area (Å²) in [5.74, 6) is 0.848. The van der Waals surface area contributed by atoms with E-state index >= 15 is 0 Å². The molecule has 1 N–H and O–H groups in total. The second kappa shape index (κ2) is 9.32. The van der Waals surface area contributed by atoms with Crippen LogP contribution in [0.2, 0.25) is 5.02 Å². The Hall–Kier alpha value is -0.860. The third-order valence-corrected chi connectivity index (χ3v) is 4.12. The highest BCUT2D eigenvalue weighted by molar-refractivity contribution is 14.0. The highest BCUT2D eigenvalue weighted by Crippen LogP contribution is 2.13. The van der Waals surface area contributed by atoms with Crippen LogP contribution >= 0.6 is 46.9 Å². The van der Waals surface area contributed by atoms with Crippen molar-refractivity contribution in [1.82, 2.24) is 15.2 Å². The van der Waals surface area contributed by atoms with Crippen LogP contribution < -0.4 is 5.32 Å². The van der Waals surface area contributed by atoms with Gasteiger partial charge in [0.2, 0.25) is 0 Å². The molecule has 0 fully saturated rings. The molecule has 0 saturated carbocycles.